The van der Waals surface area contributed by atoms with E-state index in [1.807, 2.05) is 25.4 Å². The van der Waals surface area contributed by atoms with Gasteiger partial charge in [-0.25, -0.2) is 0 Å². The average Bonchev–Trinajstić information content (AvgIpc) is 2.94. The first-order chi connectivity index (χ1) is 11.0. The quantitative estimate of drug-likeness (QED) is 0.809. The molecule has 1 aromatic carbocycles. The molecule has 1 heterocycles. The number of likely N-dealkylation sites (N-methyl/N-ethyl adjacent to an activating group) is 2. The van der Waals surface area contributed by atoms with Crippen molar-refractivity contribution >= 4 is 29.9 Å². The van der Waals surface area contributed by atoms with Gasteiger partial charge < -0.3 is 15.0 Å². The summed E-state index contributed by atoms with van der Waals surface area (Å²) in [7, 11) is 5.33. The van der Waals surface area contributed by atoms with Gasteiger partial charge in [0, 0.05) is 30.9 Å². The fourth-order valence-corrected chi connectivity index (χ4v) is 2.39. The first-order valence-corrected chi connectivity index (χ1v) is 7.68. The minimum Gasteiger partial charge on any atom is -0.492 e. The Morgan fingerprint density at radius 2 is 2.25 bits per heavy atom. The van der Waals surface area contributed by atoms with Crippen LogP contribution in [-0.2, 0) is 11.8 Å². The summed E-state index contributed by atoms with van der Waals surface area (Å²) in [5.41, 5.74) is 0.836. The molecule has 0 radical (unpaired) electrons. The predicted molar refractivity (Wildman–Crippen MR) is 96.8 cm³/mol. The van der Waals surface area contributed by atoms with E-state index in [1.54, 1.807) is 42.0 Å². The van der Waals surface area contributed by atoms with Crippen LogP contribution in [0.4, 0.5) is 0 Å². The van der Waals surface area contributed by atoms with Crippen molar-refractivity contribution in [1.29, 1.82) is 0 Å². The summed E-state index contributed by atoms with van der Waals surface area (Å²) in [6.07, 6.45) is 3.52. The van der Waals surface area contributed by atoms with Gasteiger partial charge in [0.15, 0.2) is 0 Å². The van der Waals surface area contributed by atoms with Gasteiger partial charge in [0.05, 0.1) is 12.7 Å². The number of benzene rings is 1. The maximum absolute atomic E-state index is 12.5. The lowest BCUT2D eigenvalue weighted by atomic mass is 10.1. The summed E-state index contributed by atoms with van der Waals surface area (Å²) in [5.74, 6) is 0.658. The molecule has 6 nitrogen and oxygen atoms in total. The van der Waals surface area contributed by atoms with E-state index >= 15 is 0 Å². The van der Waals surface area contributed by atoms with E-state index in [-0.39, 0.29) is 18.3 Å². The smallest absolute Gasteiger partial charge is 0.244 e. The standard InChI is InChI=1S/C16H21ClN4O2.ClH/c1-18-15(12-10-19-21(3)11-12)16(22)20(2)7-8-23-14-6-4-5-13(17)9-14;/h4-6,9-11,15,18H,7-8H2,1-3H3;1H. The second-order valence-corrected chi connectivity index (χ2v) is 5.67. The molecule has 0 aliphatic carbocycles. The van der Waals surface area contributed by atoms with Gasteiger partial charge in [-0.05, 0) is 25.2 Å². The number of hydrogen-bond donors (Lipinski definition) is 1. The number of aromatic nitrogens is 2. The van der Waals surface area contributed by atoms with Crippen molar-refractivity contribution in [3.8, 4) is 5.75 Å². The third-order valence-electron chi connectivity index (χ3n) is 3.46. The van der Waals surface area contributed by atoms with Crippen LogP contribution < -0.4 is 10.1 Å². The minimum absolute atomic E-state index is 0. The van der Waals surface area contributed by atoms with Crippen molar-refractivity contribution in [2.24, 2.45) is 7.05 Å². The molecule has 24 heavy (non-hydrogen) atoms. The second-order valence-electron chi connectivity index (χ2n) is 5.23. The zero-order chi connectivity index (χ0) is 16.8. The largest absolute Gasteiger partial charge is 0.492 e. The molecule has 0 fully saturated rings. The highest BCUT2D eigenvalue weighted by Crippen LogP contribution is 2.17. The van der Waals surface area contributed by atoms with Crippen LogP contribution in [0.3, 0.4) is 0 Å². The Bertz CT molecular complexity index is 663. The monoisotopic (exact) mass is 372 g/mol. The number of amides is 1. The number of halogens is 2. The Morgan fingerprint density at radius 1 is 1.50 bits per heavy atom. The highest BCUT2D eigenvalue weighted by molar-refractivity contribution is 6.30. The van der Waals surface area contributed by atoms with Crippen LogP contribution in [-0.4, -0.2) is 47.8 Å². The van der Waals surface area contributed by atoms with Crippen LogP contribution in [0.2, 0.25) is 5.02 Å². The van der Waals surface area contributed by atoms with Crippen molar-refractivity contribution in [1.82, 2.24) is 20.0 Å². The molecular formula is C16H22Cl2N4O2. The first-order valence-electron chi connectivity index (χ1n) is 7.30. The molecule has 1 amide bonds. The molecule has 1 aromatic heterocycles. The third kappa shape index (κ3) is 5.40. The van der Waals surface area contributed by atoms with E-state index in [2.05, 4.69) is 10.4 Å². The van der Waals surface area contributed by atoms with Crippen LogP contribution in [0.5, 0.6) is 5.75 Å². The summed E-state index contributed by atoms with van der Waals surface area (Å²) in [6, 6.07) is 6.77. The summed E-state index contributed by atoms with van der Waals surface area (Å²) >= 11 is 5.91. The number of ether oxygens (including phenoxy) is 1. The maximum atomic E-state index is 12.5. The minimum atomic E-state index is -0.417. The number of nitrogens with zero attached hydrogens (tertiary/aromatic N) is 3. The van der Waals surface area contributed by atoms with Crippen LogP contribution in [0.25, 0.3) is 0 Å². The van der Waals surface area contributed by atoms with Crippen molar-refractivity contribution in [2.45, 2.75) is 6.04 Å². The molecule has 0 saturated carbocycles. The summed E-state index contributed by atoms with van der Waals surface area (Å²) in [6.45, 7) is 0.871. The molecule has 1 N–H and O–H groups in total. The normalized spacial score (nSPS) is 11.5. The maximum Gasteiger partial charge on any atom is 0.244 e. The van der Waals surface area contributed by atoms with Gasteiger partial charge in [0.2, 0.25) is 5.91 Å². The third-order valence-corrected chi connectivity index (χ3v) is 3.70. The Morgan fingerprint density at radius 3 is 2.83 bits per heavy atom. The van der Waals surface area contributed by atoms with Gasteiger partial charge in [-0.15, -0.1) is 12.4 Å². The lowest BCUT2D eigenvalue weighted by Gasteiger charge is -2.23. The SMILES string of the molecule is CNC(C(=O)N(C)CCOc1cccc(Cl)c1)c1cnn(C)c1.Cl. The van der Waals surface area contributed by atoms with Crippen molar-refractivity contribution < 1.29 is 9.53 Å². The van der Waals surface area contributed by atoms with Gasteiger partial charge in [0.25, 0.3) is 0 Å². The molecule has 0 aliphatic heterocycles. The van der Waals surface area contributed by atoms with Crippen molar-refractivity contribution in [2.75, 3.05) is 27.2 Å². The summed E-state index contributed by atoms with van der Waals surface area (Å²) < 4.78 is 7.29. The average molecular weight is 373 g/mol. The van der Waals surface area contributed by atoms with E-state index in [9.17, 15) is 4.79 Å². The van der Waals surface area contributed by atoms with E-state index in [0.29, 0.717) is 23.9 Å². The molecule has 2 rings (SSSR count). The molecule has 132 valence electrons. The lowest BCUT2D eigenvalue weighted by molar-refractivity contribution is -0.132. The molecule has 0 spiro atoms. The summed E-state index contributed by atoms with van der Waals surface area (Å²) in [5, 5.41) is 7.75. The Balaban J connectivity index is 0.00000288. The Kier molecular flexibility index (Phi) is 8.04. The second kappa shape index (κ2) is 9.52. The number of nitrogens with one attached hydrogen (secondary N) is 1. The van der Waals surface area contributed by atoms with Crippen LogP contribution in [0.1, 0.15) is 11.6 Å². The van der Waals surface area contributed by atoms with Crippen LogP contribution >= 0.6 is 24.0 Å². The Hall–Kier alpha value is -1.76. The highest BCUT2D eigenvalue weighted by atomic mass is 35.5. The number of carbonyl (C=O) groups is 1. The molecule has 1 unspecified atom stereocenters. The molecule has 0 aliphatic rings. The van der Waals surface area contributed by atoms with Crippen molar-refractivity contribution in [3.05, 3.63) is 47.2 Å². The van der Waals surface area contributed by atoms with Gasteiger partial charge in [-0.3, -0.25) is 9.48 Å². The van der Waals surface area contributed by atoms with Crippen LogP contribution in [0, 0.1) is 0 Å². The topological polar surface area (TPSA) is 59.4 Å². The lowest BCUT2D eigenvalue weighted by Crippen LogP contribution is -2.39. The Labute approximate surface area is 153 Å². The zero-order valence-electron chi connectivity index (χ0n) is 13.9. The van der Waals surface area contributed by atoms with E-state index in [0.717, 1.165) is 5.56 Å². The number of rotatable bonds is 7. The summed E-state index contributed by atoms with van der Waals surface area (Å²) in [4.78, 5) is 14.2. The fourth-order valence-electron chi connectivity index (χ4n) is 2.21. The molecule has 0 bridgehead atoms. The van der Waals surface area contributed by atoms with E-state index in [1.165, 1.54) is 0 Å². The van der Waals surface area contributed by atoms with Crippen LogP contribution in [0.15, 0.2) is 36.7 Å². The highest BCUT2D eigenvalue weighted by Gasteiger charge is 2.23. The molecule has 8 heteroatoms. The van der Waals surface area contributed by atoms with E-state index < -0.39 is 6.04 Å². The molecule has 0 saturated heterocycles. The van der Waals surface area contributed by atoms with Gasteiger partial charge in [-0.2, -0.15) is 5.10 Å². The number of aryl methyl sites for hydroxylation is 1. The fraction of sp³-hybridized carbons (Fsp3) is 0.375. The molecule has 1 atom stereocenters. The van der Waals surface area contributed by atoms with Gasteiger partial charge >= 0.3 is 0 Å². The molecule has 2 aromatic rings. The first kappa shape index (κ1) is 20.3. The zero-order valence-corrected chi connectivity index (χ0v) is 15.5. The van der Waals surface area contributed by atoms with Crippen molar-refractivity contribution in [3.63, 3.8) is 0 Å². The van der Waals surface area contributed by atoms with E-state index in [4.69, 9.17) is 16.3 Å². The number of carbonyl (C=O) groups excluding carboxylic acids is 1. The predicted octanol–water partition coefficient (Wildman–Crippen LogP) is 2.29. The van der Waals surface area contributed by atoms with Gasteiger partial charge in [-0.1, -0.05) is 17.7 Å². The molecular weight excluding hydrogens is 351 g/mol. The van der Waals surface area contributed by atoms with Gasteiger partial charge in [0.1, 0.15) is 18.4 Å². The number of hydrogen-bond acceptors (Lipinski definition) is 4.